The van der Waals surface area contributed by atoms with Crippen LogP contribution in [0.2, 0.25) is 0 Å². The fourth-order valence-electron chi connectivity index (χ4n) is 19.1. The first-order valence-electron chi connectivity index (χ1n) is 35.4. The molecule has 0 aromatic carbocycles. The van der Waals surface area contributed by atoms with Crippen molar-refractivity contribution in [1.29, 1.82) is 0 Å². The molecule has 0 amide bonds. The van der Waals surface area contributed by atoms with Gasteiger partial charge in [-0.2, -0.15) is 0 Å². The van der Waals surface area contributed by atoms with Crippen molar-refractivity contribution in [1.82, 2.24) is 0 Å². The second kappa shape index (κ2) is 31.2. The van der Waals surface area contributed by atoms with Gasteiger partial charge in [-0.05, 0) is 94.8 Å². The van der Waals surface area contributed by atoms with Gasteiger partial charge in [0.15, 0.2) is 37.6 Å². The van der Waals surface area contributed by atoms with Crippen LogP contribution in [0, 0.1) is 50.2 Å². The van der Waals surface area contributed by atoms with E-state index in [1.54, 1.807) is 39.8 Å². The number of rotatable bonds is 20. The van der Waals surface area contributed by atoms with E-state index in [1.165, 1.54) is 0 Å². The Balaban J connectivity index is 0.990. The molecule has 0 aromatic heterocycles. The average Bonchev–Trinajstić information content (AvgIpc) is 0.665. The van der Waals surface area contributed by atoms with Crippen molar-refractivity contribution in [3.63, 3.8) is 0 Å². The molecule has 5 heterocycles. The van der Waals surface area contributed by atoms with Crippen LogP contribution in [0.4, 0.5) is 0 Å². The molecule has 33 heteroatoms. The first-order valence-corrected chi connectivity index (χ1v) is 35.4. The molecule has 0 aromatic rings. The van der Waals surface area contributed by atoms with Crippen LogP contribution in [0.5, 0.6) is 0 Å². The molecule has 0 bridgehead atoms. The second-order valence-electron chi connectivity index (χ2n) is 31.5. The van der Waals surface area contributed by atoms with Gasteiger partial charge < -0.3 is 154 Å². The van der Waals surface area contributed by atoms with Crippen LogP contribution in [0.1, 0.15) is 108 Å². The summed E-state index contributed by atoms with van der Waals surface area (Å²) in [5.41, 5.74) is -5.73. The molecule has 19 N–H and O–H groups in total. The fraction of sp³-hybridized carbons (Fsp3) is 0.884. The van der Waals surface area contributed by atoms with Crippen LogP contribution < -0.4 is 0 Å². The van der Waals surface area contributed by atoms with Crippen LogP contribution in [-0.2, 0) is 66.4 Å². The lowest BCUT2D eigenvalue weighted by Crippen LogP contribution is -2.76. The Bertz CT molecular complexity index is 2990. The lowest BCUT2D eigenvalue weighted by atomic mass is 9.32. The van der Waals surface area contributed by atoms with Crippen molar-refractivity contribution in [3.8, 4) is 0 Å². The molecule has 584 valence electrons. The Morgan fingerprint density at radius 1 is 0.520 bits per heavy atom. The number of hydrogen-bond acceptors (Lipinski definition) is 33. The number of ether oxygens (including phenoxy) is 12. The van der Waals surface area contributed by atoms with Crippen molar-refractivity contribution in [3.05, 3.63) is 34.9 Å². The Labute approximate surface area is 590 Å². The predicted molar refractivity (Wildman–Crippen MR) is 343 cm³/mol. The van der Waals surface area contributed by atoms with Gasteiger partial charge in [-0.3, -0.25) is 0 Å². The van der Waals surface area contributed by atoms with Gasteiger partial charge in [-0.25, -0.2) is 9.59 Å². The monoisotopic (exact) mass is 1470 g/mol. The molecule has 9 fully saturated rings. The quantitative estimate of drug-likeness (QED) is 0.0234. The SMILES string of the molecule is C/C=C(\C)C(=O)O[C@H]1[C@H](OC(=O)/C(C)=C/C)[C@]2(CO)[C@H](O)[C@H](O)[C@]3(C)C(=CC[C@@H]4[C@@]5(C)CC[C@H](O[C@@H]6O[C@H](CO[C@@H]7OC[C@H](O)[C@H](O[C@@H]8O[C@H](CO)[C@@H](O)[C@H](O)[C@H]8O)[C@H]7O)[C@@H](O[C@@H]7O[C@H](CO)[C@@H](O)[C@H](O)[C@H]7O)[C@H](O)[C@H]6O[C@@H]6O[C@H](CO)[C@@H](O)[C@H](O)[C@H]6O)[C@@](C)(CO)[C@@H]5CC[C@]43C)[C@@H]2CC1(C)C. The maximum atomic E-state index is 14.0. The van der Waals surface area contributed by atoms with Crippen LogP contribution >= 0.6 is 0 Å². The summed E-state index contributed by atoms with van der Waals surface area (Å²) in [4.78, 5) is 27.7. The zero-order valence-electron chi connectivity index (χ0n) is 59.1. The number of aliphatic hydroxyl groups is 19. The molecule has 0 radical (unpaired) electrons. The van der Waals surface area contributed by atoms with Gasteiger partial charge in [0.1, 0.15) is 122 Å². The van der Waals surface area contributed by atoms with Crippen molar-refractivity contribution in [2.24, 2.45) is 50.2 Å². The number of aliphatic hydroxyl groups excluding tert-OH is 19. The van der Waals surface area contributed by atoms with Crippen molar-refractivity contribution >= 4 is 11.9 Å². The highest BCUT2D eigenvalue weighted by atomic mass is 16.8. The summed E-state index contributed by atoms with van der Waals surface area (Å²) < 4.78 is 73.5. The standard InChI is InChI=1S/C69H110O33/c1-11-27(3)57(89)101-55-56(102-58(90)28(4)12-2)69(26-74)30(19-64(55,5)6)29-13-14-37-65(7)17-16-38(66(8,25-73)36(65)15-18-67(37,9)68(29,10)53(87)54(69)88)97-63-52(100-62-47(84)44(81)41(78)34(22-72)95-62)48(85)51(99-61-46(83)43(80)40(77)33(21-71)94-61)35(96-63)24-92-59-49(86)50(31(75)23-91-59)98-60-45(82)42(79)39(76)32(20-70)93-60/h11-13,30-56,59-63,70-88H,14-26H2,1-10H3/b27-11+,28-12+/t30-,31-,32+,33+,34+,35+,36+,37+,38-,39+,40+,41+,42-,43-,44-,45+,46+,47+,48-,49+,50-,51+,52+,53-,54+,55-,56-,59-,60-,61-,62-,63-,65-,66-,67+,68-,69-/m0/s1. The second-order valence-corrected chi connectivity index (χ2v) is 31.5. The minimum atomic E-state index is -2.19. The maximum absolute atomic E-state index is 14.0. The highest BCUT2D eigenvalue weighted by Gasteiger charge is 2.77. The van der Waals surface area contributed by atoms with E-state index in [-0.39, 0.29) is 29.9 Å². The van der Waals surface area contributed by atoms with Crippen LogP contribution in [0.3, 0.4) is 0 Å². The van der Waals surface area contributed by atoms with E-state index >= 15 is 0 Å². The van der Waals surface area contributed by atoms with Gasteiger partial charge in [0.25, 0.3) is 0 Å². The molecule has 5 aliphatic heterocycles. The number of fused-ring (bicyclic) bond motifs is 7. The van der Waals surface area contributed by atoms with Crippen molar-refractivity contribution in [2.45, 2.75) is 286 Å². The zero-order chi connectivity index (χ0) is 75.2. The van der Waals surface area contributed by atoms with Gasteiger partial charge in [0.05, 0.1) is 70.0 Å². The fourth-order valence-corrected chi connectivity index (χ4v) is 19.1. The molecule has 37 atom stereocenters. The maximum Gasteiger partial charge on any atom is 0.333 e. The molecule has 0 unspecified atom stereocenters. The lowest BCUT2D eigenvalue weighted by Gasteiger charge is -2.73. The van der Waals surface area contributed by atoms with Gasteiger partial charge in [-0.1, -0.05) is 65.3 Å². The largest absolute Gasteiger partial charge is 0.454 e. The van der Waals surface area contributed by atoms with E-state index in [4.69, 9.17) is 56.8 Å². The highest BCUT2D eigenvalue weighted by molar-refractivity contribution is 5.89. The van der Waals surface area contributed by atoms with E-state index in [2.05, 4.69) is 19.9 Å². The number of carbonyl (C=O) groups excluding carboxylic acids is 2. The Kier molecular flexibility index (Phi) is 24.9. The molecular weight excluding hydrogens is 1360 g/mol. The van der Waals surface area contributed by atoms with Crippen molar-refractivity contribution < 1.29 is 163 Å². The van der Waals surface area contributed by atoms with E-state index in [0.29, 0.717) is 25.7 Å². The molecule has 102 heavy (non-hydrogen) atoms. The summed E-state index contributed by atoms with van der Waals surface area (Å²) in [7, 11) is 0. The summed E-state index contributed by atoms with van der Waals surface area (Å²) >= 11 is 0. The lowest BCUT2D eigenvalue weighted by molar-refractivity contribution is -0.400. The summed E-state index contributed by atoms with van der Waals surface area (Å²) in [6.45, 7) is 12.6. The molecule has 5 aliphatic carbocycles. The summed E-state index contributed by atoms with van der Waals surface area (Å²) in [5.74, 6) is -3.02. The molecule has 0 spiro atoms. The van der Waals surface area contributed by atoms with Gasteiger partial charge in [-0.15, -0.1) is 0 Å². The Morgan fingerprint density at radius 2 is 1.01 bits per heavy atom. The highest BCUT2D eigenvalue weighted by Crippen LogP contribution is 2.76. The van der Waals surface area contributed by atoms with Gasteiger partial charge in [0, 0.05) is 27.4 Å². The van der Waals surface area contributed by atoms with E-state index in [9.17, 15) is 107 Å². The predicted octanol–water partition coefficient (Wildman–Crippen LogP) is -5.21. The number of hydrogen-bond donors (Lipinski definition) is 19. The zero-order valence-corrected chi connectivity index (χ0v) is 59.1. The summed E-state index contributed by atoms with van der Waals surface area (Å²) in [6, 6.07) is 0. The van der Waals surface area contributed by atoms with Gasteiger partial charge >= 0.3 is 11.9 Å². The molecule has 10 aliphatic rings. The smallest absolute Gasteiger partial charge is 0.333 e. The Morgan fingerprint density at radius 3 is 1.50 bits per heavy atom. The minimum Gasteiger partial charge on any atom is -0.454 e. The van der Waals surface area contributed by atoms with Crippen LogP contribution in [0.15, 0.2) is 34.9 Å². The molecule has 5 saturated heterocycles. The first kappa shape index (κ1) is 81.5. The number of carbonyl (C=O) groups is 2. The summed E-state index contributed by atoms with van der Waals surface area (Å²) in [5, 5.41) is 215. The third-order valence-electron chi connectivity index (χ3n) is 25.7. The minimum absolute atomic E-state index is 0.111. The first-order chi connectivity index (χ1) is 47.9. The molecule has 4 saturated carbocycles. The van der Waals surface area contributed by atoms with E-state index in [1.807, 2.05) is 27.7 Å². The third kappa shape index (κ3) is 13.6. The summed E-state index contributed by atoms with van der Waals surface area (Å²) in [6.07, 6.45) is -45.7. The number of allylic oxidation sites excluding steroid dienone is 3. The van der Waals surface area contributed by atoms with Crippen LogP contribution in [0.25, 0.3) is 0 Å². The van der Waals surface area contributed by atoms with E-state index < -0.39 is 280 Å². The van der Waals surface area contributed by atoms with Gasteiger partial charge in [0.2, 0.25) is 0 Å². The molecular formula is C69H110O33. The average molecular weight is 1470 g/mol. The number of esters is 2. The van der Waals surface area contributed by atoms with E-state index in [0.717, 1.165) is 5.57 Å². The van der Waals surface area contributed by atoms with Crippen LogP contribution in [-0.4, -0.2) is 333 Å². The van der Waals surface area contributed by atoms with Crippen molar-refractivity contribution in [2.75, 3.05) is 46.2 Å². The Hall–Kier alpha value is -3.00. The topological polar surface area (TPSA) is 529 Å². The molecule has 33 nitrogen and oxygen atoms in total. The molecule has 10 rings (SSSR count). The third-order valence-corrected chi connectivity index (χ3v) is 25.7. The normalized spacial score (nSPS) is 51.3.